The Labute approximate surface area is 201 Å². The first-order valence-corrected chi connectivity index (χ1v) is 11.4. The number of aliphatic hydroxyl groups excluding tert-OH is 1. The minimum absolute atomic E-state index is 0.0181. The third-order valence-electron chi connectivity index (χ3n) is 6.32. The van der Waals surface area contributed by atoms with E-state index in [1.54, 1.807) is 19.1 Å². The van der Waals surface area contributed by atoms with Gasteiger partial charge in [-0.3, -0.25) is 18.7 Å². The van der Waals surface area contributed by atoms with E-state index in [0.29, 0.717) is 17.7 Å². The van der Waals surface area contributed by atoms with Gasteiger partial charge >= 0.3 is 5.69 Å². The standard InChI is InChI=1S/C25H28FN5O4/c1-2-30-24(34)21(22(27)31(25(30)35)13-15-5-9-18(26)10-6-15)20(32)14-29-11-3-4-16-7-8-17(23(28)33)12-19(16)29/h5-10,12,23,33H,2-4,11,13-14,27-28H2,1H3. The Morgan fingerprint density at radius 2 is 1.86 bits per heavy atom. The van der Waals surface area contributed by atoms with Gasteiger partial charge in [0.2, 0.25) is 0 Å². The topological polar surface area (TPSA) is 137 Å². The number of aromatic nitrogens is 2. The van der Waals surface area contributed by atoms with Gasteiger partial charge in [0.25, 0.3) is 5.56 Å². The van der Waals surface area contributed by atoms with Crippen LogP contribution in [0.3, 0.4) is 0 Å². The van der Waals surface area contributed by atoms with Crippen LogP contribution in [-0.4, -0.2) is 33.1 Å². The lowest BCUT2D eigenvalue weighted by Gasteiger charge is -2.31. The summed E-state index contributed by atoms with van der Waals surface area (Å²) in [6, 6.07) is 10.9. The van der Waals surface area contributed by atoms with Crippen LogP contribution in [0.2, 0.25) is 0 Å². The van der Waals surface area contributed by atoms with E-state index in [0.717, 1.165) is 28.7 Å². The maximum absolute atomic E-state index is 13.4. The average Bonchev–Trinajstić information content (AvgIpc) is 2.83. The normalized spacial score (nSPS) is 14.0. The Balaban J connectivity index is 1.73. The van der Waals surface area contributed by atoms with Gasteiger partial charge in [0.15, 0.2) is 5.78 Å². The molecule has 4 rings (SSSR count). The summed E-state index contributed by atoms with van der Waals surface area (Å²) in [4.78, 5) is 41.3. The van der Waals surface area contributed by atoms with Gasteiger partial charge in [0.1, 0.15) is 23.4 Å². The molecule has 1 aromatic heterocycles. The van der Waals surface area contributed by atoms with Crippen molar-refractivity contribution in [3.63, 3.8) is 0 Å². The molecule has 2 aromatic carbocycles. The number of nitrogen functional groups attached to an aromatic ring is 1. The molecule has 0 saturated carbocycles. The molecule has 0 spiro atoms. The van der Waals surface area contributed by atoms with Crippen LogP contribution in [0, 0.1) is 5.82 Å². The predicted molar refractivity (Wildman–Crippen MR) is 131 cm³/mol. The largest absolute Gasteiger partial charge is 0.384 e. The fraction of sp³-hybridized carbons (Fsp3) is 0.320. The maximum atomic E-state index is 13.4. The first kappa shape index (κ1) is 24.4. The second-order valence-electron chi connectivity index (χ2n) is 8.59. The summed E-state index contributed by atoms with van der Waals surface area (Å²) in [5.41, 5.74) is 13.1. The average molecular weight is 482 g/mol. The van der Waals surface area contributed by atoms with E-state index in [4.69, 9.17) is 11.5 Å². The van der Waals surface area contributed by atoms with Crippen LogP contribution >= 0.6 is 0 Å². The maximum Gasteiger partial charge on any atom is 0.332 e. The van der Waals surface area contributed by atoms with Crippen molar-refractivity contribution in [1.82, 2.24) is 9.13 Å². The fourth-order valence-electron chi connectivity index (χ4n) is 4.45. The number of aryl methyl sites for hydroxylation is 1. The number of Topliss-reactive ketones (excluding diaryl/α,β-unsaturated/α-hetero) is 1. The van der Waals surface area contributed by atoms with Crippen molar-refractivity contribution in [3.8, 4) is 0 Å². The Morgan fingerprint density at radius 1 is 1.14 bits per heavy atom. The molecular weight excluding hydrogens is 453 g/mol. The molecule has 0 bridgehead atoms. The van der Waals surface area contributed by atoms with E-state index in [-0.39, 0.29) is 31.0 Å². The molecule has 0 radical (unpaired) electrons. The van der Waals surface area contributed by atoms with Gasteiger partial charge < -0.3 is 21.5 Å². The number of halogens is 1. The molecule has 0 fully saturated rings. The van der Waals surface area contributed by atoms with Gasteiger partial charge in [-0.05, 0) is 54.7 Å². The van der Waals surface area contributed by atoms with Gasteiger partial charge in [0.05, 0.1) is 13.1 Å². The van der Waals surface area contributed by atoms with Crippen molar-refractivity contribution in [2.24, 2.45) is 5.73 Å². The number of carbonyl (C=O) groups is 1. The molecule has 2 heterocycles. The summed E-state index contributed by atoms with van der Waals surface area (Å²) in [6.07, 6.45) is 0.472. The number of anilines is 2. The third-order valence-corrected chi connectivity index (χ3v) is 6.32. The number of nitrogens with zero attached hydrogens (tertiary/aromatic N) is 3. The molecule has 10 heteroatoms. The lowest BCUT2D eigenvalue weighted by atomic mass is 9.98. The number of aliphatic hydroxyl groups is 1. The van der Waals surface area contributed by atoms with Crippen LogP contribution in [0.4, 0.5) is 15.9 Å². The van der Waals surface area contributed by atoms with E-state index >= 15 is 0 Å². The van der Waals surface area contributed by atoms with Crippen LogP contribution in [-0.2, 0) is 19.5 Å². The molecule has 0 amide bonds. The zero-order chi connectivity index (χ0) is 25.3. The SMILES string of the molecule is CCn1c(=O)c(C(=O)CN2CCCc3ccc(C(N)O)cc32)c(N)n(Cc2ccc(F)cc2)c1=O. The Morgan fingerprint density at radius 3 is 2.51 bits per heavy atom. The zero-order valence-corrected chi connectivity index (χ0v) is 19.4. The predicted octanol–water partition coefficient (Wildman–Crippen LogP) is 1.38. The Bertz CT molecular complexity index is 1380. The summed E-state index contributed by atoms with van der Waals surface area (Å²) in [5.74, 6) is -1.16. The Kier molecular flexibility index (Phi) is 6.86. The summed E-state index contributed by atoms with van der Waals surface area (Å²) in [6.45, 7) is 2.12. The number of fused-ring (bicyclic) bond motifs is 1. The highest BCUT2D eigenvalue weighted by Crippen LogP contribution is 2.29. The number of benzene rings is 2. The molecule has 1 aliphatic rings. The summed E-state index contributed by atoms with van der Waals surface area (Å²) in [5, 5.41) is 9.77. The quantitative estimate of drug-likeness (QED) is 0.343. The van der Waals surface area contributed by atoms with Crippen LogP contribution in [0.15, 0.2) is 52.1 Å². The molecule has 9 nitrogen and oxygen atoms in total. The first-order valence-electron chi connectivity index (χ1n) is 11.4. The molecule has 184 valence electrons. The number of hydrogen-bond acceptors (Lipinski definition) is 7. The van der Waals surface area contributed by atoms with E-state index in [2.05, 4.69) is 0 Å². The van der Waals surface area contributed by atoms with Crippen LogP contribution in [0.5, 0.6) is 0 Å². The van der Waals surface area contributed by atoms with E-state index in [1.807, 2.05) is 11.0 Å². The second kappa shape index (κ2) is 9.85. The lowest BCUT2D eigenvalue weighted by Crippen LogP contribution is -2.45. The molecular formula is C25H28FN5O4. The van der Waals surface area contributed by atoms with Crippen molar-refractivity contribution in [2.75, 3.05) is 23.7 Å². The number of nitrogens with two attached hydrogens (primary N) is 2. The summed E-state index contributed by atoms with van der Waals surface area (Å²) < 4.78 is 15.5. The molecule has 0 aliphatic carbocycles. The second-order valence-corrected chi connectivity index (χ2v) is 8.59. The number of ketones is 1. The van der Waals surface area contributed by atoms with E-state index in [9.17, 15) is 23.9 Å². The molecule has 3 aromatic rings. The Hall–Kier alpha value is -3.76. The third kappa shape index (κ3) is 4.75. The smallest absolute Gasteiger partial charge is 0.332 e. The minimum atomic E-state index is -1.15. The summed E-state index contributed by atoms with van der Waals surface area (Å²) in [7, 11) is 0. The highest BCUT2D eigenvalue weighted by atomic mass is 19.1. The van der Waals surface area contributed by atoms with Gasteiger partial charge in [-0.15, -0.1) is 0 Å². The van der Waals surface area contributed by atoms with Gasteiger partial charge in [-0.2, -0.15) is 0 Å². The molecule has 5 N–H and O–H groups in total. The molecule has 1 aliphatic heterocycles. The van der Waals surface area contributed by atoms with Crippen molar-refractivity contribution >= 4 is 17.3 Å². The van der Waals surface area contributed by atoms with Crippen LogP contribution in [0.1, 0.15) is 46.6 Å². The molecule has 0 saturated heterocycles. The highest BCUT2D eigenvalue weighted by Gasteiger charge is 2.26. The highest BCUT2D eigenvalue weighted by molar-refractivity contribution is 6.02. The van der Waals surface area contributed by atoms with Crippen molar-refractivity contribution < 1.29 is 14.3 Å². The first-order chi connectivity index (χ1) is 16.7. The fourth-order valence-corrected chi connectivity index (χ4v) is 4.45. The van der Waals surface area contributed by atoms with Gasteiger partial charge in [-0.1, -0.05) is 24.3 Å². The van der Waals surface area contributed by atoms with Gasteiger partial charge in [-0.25, -0.2) is 9.18 Å². The number of rotatable bonds is 7. The van der Waals surface area contributed by atoms with E-state index < -0.39 is 29.1 Å². The zero-order valence-electron chi connectivity index (χ0n) is 19.4. The lowest BCUT2D eigenvalue weighted by molar-refractivity contribution is 0.0996. The number of hydrogen-bond donors (Lipinski definition) is 3. The minimum Gasteiger partial charge on any atom is -0.384 e. The van der Waals surface area contributed by atoms with Crippen molar-refractivity contribution in [3.05, 3.63) is 91.4 Å². The van der Waals surface area contributed by atoms with Crippen LogP contribution in [0.25, 0.3) is 0 Å². The van der Waals surface area contributed by atoms with Crippen molar-refractivity contribution in [2.45, 2.75) is 39.1 Å². The van der Waals surface area contributed by atoms with Gasteiger partial charge in [0, 0.05) is 18.8 Å². The molecule has 1 atom stereocenters. The van der Waals surface area contributed by atoms with Crippen LogP contribution < -0.4 is 27.6 Å². The molecule has 1 unspecified atom stereocenters. The van der Waals surface area contributed by atoms with E-state index in [1.165, 1.54) is 28.8 Å². The summed E-state index contributed by atoms with van der Waals surface area (Å²) >= 11 is 0. The number of carbonyl (C=O) groups excluding carboxylic acids is 1. The monoisotopic (exact) mass is 481 g/mol. The molecule has 35 heavy (non-hydrogen) atoms. The van der Waals surface area contributed by atoms with Crippen molar-refractivity contribution in [1.29, 1.82) is 0 Å².